The second kappa shape index (κ2) is 5.53. The smallest absolute Gasteiger partial charge is 0.357 e. The predicted octanol–water partition coefficient (Wildman–Crippen LogP) is 1.27. The van der Waals surface area contributed by atoms with Crippen LogP contribution in [0.5, 0.6) is 0 Å². The number of hydrogen-bond donors (Lipinski definition) is 3. The number of carboxylic acids is 1. The fourth-order valence-corrected chi connectivity index (χ4v) is 4.39. The van der Waals surface area contributed by atoms with Crippen molar-refractivity contribution in [2.24, 2.45) is 5.92 Å². The van der Waals surface area contributed by atoms with Crippen molar-refractivity contribution in [3.63, 3.8) is 0 Å². The molecule has 2 rings (SSSR count). The molecule has 1 heterocycles. The summed E-state index contributed by atoms with van der Waals surface area (Å²) in [5.41, 5.74) is -0.234. The van der Waals surface area contributed by atoms with Crippen molar-refractivity contribution in [1.82, 2.24) is 14.9 Å². The summed E-state index contributed by atoms with van der Waals surface area (Å²) in [6, 6.07) is -0.210. The maximum Gasteiger partial charge on any atom is 0.357 e. The maximum absolute atomic E-state index is 12.4. The lowest BCUT2D eigenvalue weighted by atomic mass is 10.0. The van der Waals surface area contributed by atoms with E-state index in [0.29, 0.717) is 5.92 Å². The molecular weight excluding hydrogens is 282 g/mol. The normalized spacial score (nSPS) is 18.3. The molecule has 1 saturated carbocycles. The molecule has 20 heavy (non-hydrogen) atoms. The van der Waals surface area contributed by atoms with Gasteiger partial charge in [-0.25, -0.2) is 17.9 Å². The van der Waals surface area contributed by atoms with Crippen molar-refractivity contribution in [3.05, 3.63) is 11.4 Å². The van der Waals surface area contributed by atoms with Crippen LogP contribution in [-0.2, 0) is 10.0 Å². The van der Waals surface area contributed by atoms with Gasteiger partial charge in [0.15, 0.2) is 5.69 Å². The molecule has 0 saturated heterocycles. The minimum Gasteiger partial charge on any atom is -0.476 e. The number of aryl methyl sites for hydroxylation is 1. The Morgan fingerprint density at radius 3 is 2.60 bits per heavy atom. The third-order valence-electron chi connectivity index (χ3n) is 3.81. The molecule has 1 aliphatic rings. The van der Waals surface area contributed by atoms with E-state index in [1.165, 1.54) is 6.92 Å². The van der Waals surface area contributed by atoms with Crippen molar-refractivity contribution < 1.29 is 18.3 Å². The molecule has 1 aromatic rings. The van der Waals surface area contributed by atoms with Crippen LogP contribution in [0.3, 0.4) is 0 Å². The Labute approximate surface area is 117 Å². The third kappa shape index (κ3) is 2.85. The molecule has 0 bridgehead atoms. The van der Waals surface area contributed by atoms with E-state index in [-0.39, 0.29) is 16.6 Å². The number of sulfonamides is 1. The van der Waals surface area contributed by atoms with Gasteiger partial charge in [-0.1, -0.05) is 12.8 Å². The number of aromatic amines is 1. The largest absolute Gasteiger partial charge is 0.476 e. The summed E-state index contributed by atoms with van der Waals surface area (Å²) in [6.07, 6.45) is 4.23. The van der Waals surface area contributed by atoms with E-state index in [0.717, 1.165) is 25.7 Å². The summed E-state index contributed by atoms with van der Waals surface area (Å²) in [5.74, 6) is -1.05. The van der Waals surface area contributed by atoms with E-state index < -0.39 is 21.7 Å². The van der Waals surface area contributed by atoms with Crippen LogP contribution in [-0.4, -0.2) is 35.7 Å². The number of nitrogens with zero attached hydrogens (tertiary/aromatic N) is 1. The molecule has 0 radical (unpaired) electrons. The highest BCUT2D eigenvalue weighted by atomic mass is 32.2. The fraction of sp³-hybridized carbons (Fsp3) is 0.667. The summed E-state index contributed by atoms with van der Waals surface area (Å²) in [5, 5.41) is 15.0. The molecule has 3 N–H and O–H groups in total. The van der Waals surface area contributed by atoms with E-state index in [9.17, 15) is 13.2 Å². The number of hydrogen-bond acceptors (Lipinski definition) is 4. The zero-order valence-corrected chi connectivity index (χ0v) is 12.3. The number of nitrogens with one attached hydrogen (secondary N) is 2. The second-order valence-electron chi connectivity index (χ2n) is 5.29. The van der Waals surface area contributed by atoms with E-state index in [1.807, 2.05) is 6.92 Å². The van der Waals surface area contributed by atoms with Crippen molar-refractivity contribution in [2.75, 3.05) is 0 Å². The third-order valence-corrected chi connectivity index (χ3v) is 5.53. The molecule has 0 unspecified atom stereocenters. The number of aromatic carboxylic acids is 1. The Bertz CT molecular complexity index is 602. The molecule has 8 heteroatoms. The van der Waals surface area contributed by atoms with Crippen LogP contribution in [0.4, 0.5) is 0 Å². The van der Waals surface area contributed by atoms with Gasteiger partial charge in [0.1, 0.15) is 4.90 Å². The molecule has 1 aliphatic carbocycles. The monoisotopic (exact) mass is 301 g/mol. The van der Waals surface area contributed by atoms with Crippen molar-refractivity contribution in [3.8, 4) is 0 Å². The second-order valence-corrected chi connectivity index (χ2v) is 6.94. The quantitative estimate of drug-likeness (QED) is 0.758. The van der Waals surface area contributed by atoms with Gasteiger partial charge < -0.3 is 5.11 Å². The van der Waals surface area contributed by atoms with Gasteiger partial charge in [-0.2, -0.15) is 5.10 Å². The first kappa shape index (κ1) is 15.0. The lowest BCUT2D eigenvalue weighted by Gasteiger charge is -2.20. The van der Waals surface area contributed by atoms with Gasteiger partial charge in [0.25, 0.3) is 0 Å². The number of carbonyl (C=O) groups is 1. The summed E-state index contributed by atoms with van der Waals surface area (Å²) >= 11 is 0. The van der Waals surface area contributed by atoms with Crippen molar-refractivity contribution >= 4 is 16.0 Å². The Kier molecular flexibility index (Phi) is 4.14. The molecule has 0 aliphatic heterocycles. The van der Waals surface area contributed by atoms with Crippen molar-refractivity contribution in [1.29, 1.82) is 0 Å². The molecule has 0 aromatic carbocycles. The lowest BCUT2D eigenvalue weighted by molar-refractivity contribution is 0.0686. The molecule has 0 spiro atoms. The Hall–Kier alpha value is -1.41. The van der Waals surface area contributed by atoms with Crippen molar-refractivity contribution in [2.45, 2.75) is 50.5 Å². The number of carboxylic acid groups (broad SMARTS) is 1. The summed E-state index contributed by atoms with van der Waals surface area (Å²) < 4.78 is 27.3. The van der Waals surface area contributed by atoms with Gasteiger partial charge in [0, 0.05) is 6.04 Å². The molecule has 1 aromatic heterocycles. The van der Waals surface area contributed by atoms with E-state index >= 15 is 0 Å². The average Bonchev–Trinajstić information content (AvgIpc) is 2.96. The SMILES string of the molecule is Cc1[nH]nc(C(=O)O)c1S(=O)(=O)N[C@H](C)C1CCCC1. The minimum atomic E-state index is -3.88. The van der Waals surface area contributed by atoms with Gasteiger partial charge >= 0.3 is 5.97 Å². The summed E-state index contributed by atoms with van der Waals surface area (Å²) in [6.45, 7) is 3.32. The van der Waals surface area contributed by atoms with Crippen LogP contribution in [0.1, 0.15) is 48.8 Å². The Morgan fingerprint density at radius 1 is 1.45 bits per heavy atom. The van der Waals surface area contributed by atoms with E-state index in [2.05, 4.69) is 14.9 Å². The highest BCUT2D eigenvalue weighted by molar-refractivity contribution is 7.89. The van der Waals surface area contributed by atoms with Gasteiger partial charge in [0.2, 0.25) is 10.0 Å². The zero-order valence-electron chi connectivity index (χ0n) is 11.5. The molecule has 112 valence electrons. The first-order valence-corrected chi connectivity index (χ1v) is 8.12. The van der Waals surface area contributed by atoms with Crippen LogP contribution in [0.2, 0.25) is 0 Å². The van der Waals surface area contributed by atoms with E-state index in [4.69, 9.17) is 5.11 Å². The summed E-state index contributed by atoms with van der Waals surface area (Å²) in [4.78, 5) is 10.8. The van der Waals surface area contributed by atoms with Gasteiger partial charge in [-0.05, 0) is 32.6 Å². The molecule has 0 amide bonds. The zero-order chi connectivity index (χ0) is 14.9. The minimum absolute atomic E-state index is 0.210. The van der Waals surface area contributed by atoms with Gasteiger partial charge in [-0.15, -0.1) is 0 Å². The molecular formula is C12H19N3O4S. The average molecular weight is 301 g/mol. The summed E-state index contributed by atoms with van der Waals surface area (Å²) in [7, 11) is -3.88. The topological polar surface area (TPSA) is 112 Å². The van der Waals surface area contributed by atoms with Crippen LogP contribution < -0.4 is 4.72 Å². The Morgan fingerprint density at radius 2 is 2.05 bits per heavy atom. The predicted molar refractivity (Wildman–Crippen MR) is 72.0 cm³/mol. The lowest BCUT2D eigenvalue weighted by Crippen LogP contribution is -2.37. The van der Waals surface area contributed by atoms with Crippen LogP contribution in [0.25, 0.3) is 0 Å². The number of rotatable bonds is 5. The number of H-pyrrole nitrogens is 1. The first-order chi connectivity index (χ1) is 9.33. The highest BCUT2D eigenvalue weighted by Crippen LogP contribution is 2.28. The molecule has 1 atom stereocenters. The van der Waals surface area contributed by atoms with E-state index in [1.54, 1.807) is 0 Å². The fourth-order valence-electron chi connectivity index (χ4n) is 2.75. The number of aromatic nitrogens is 2. The van der Waals surface area contributed by atoms with Crippen LogP contribution in [0.15, 0.2) is 4.90 Å². The maximum atomic E-state index is 12.4. The van der Waals surface area contributed by atoms with Gasteiger partial charge in [-0.3, -0.25) is 5.10 Å². The first-order valence-electron chi connectivity index (χ1n) is 6.63. The molecule has 1 fully saturated rings. The standard InChI is InChI=1S/C12H19N3O4S/c1-7(9-5-3-4-6-9)15-20(18,19)11-8(2)13-14-10(11)12(16)17/h7,9,15H,3-6H2,1-2H3,(H,13,14)(H,16,17)/t7-/m1/s1. The molecule has 7 nitrogen and oxygen atoms in total. The highest BCUT2D eigenvalue weighted by Gasteiger charge is 2.31. The van der Waals surface area contributed by atoms with Crippen LogP contribution in [0, 0.1) is 12.8 Å². The Balaban J connectivity index is 2.26. The van der Waals surface area contributed by atoms with Crippen LogP contribution >= 0.6 is 0 Å². The van der Waals surface area contributed by atoms with Gasteiger partial charge in [0.05, 0.1) is 5.69 Å².